The zero-order valence-corrected chi connectivity index (χ0v) is 16.8. The van der Waals surface area contributed by atoms with Gasteiger partial charge in [-0.05, 0) is 48.2 Å². The number of hydrogen-bond acceptors (Lipinski definition) is 4. The molecule has 0 saturated carbocycles. The monoisotopic (exact) mass is 417 g/mol. The minimum absolute atomic E-state index is 0.0614. The maximum Gasteiger partial charge on any atom is 0.231 e. The average molecular weight is 418 g/mol. The number of carbonyl (C=O) groups excluding carboxylic acids is 1. The number of nitrogens with one attached hydrogen (secondary N) is 1. The molecule has 1 N–H and O–H groups in total. The zero-order valence-electron chi connectivity index (χ0n) is 15.2. The third kappa shape index (κ3) is 4.07. The van der Waals surface area contributed by atoms with Crippen molar-refractivity contribution in [3.8, 4) is 0 Å². The molecule has 1 aromatic heterocycles. The van der Waals surface area contributed by atoms with Crippen LogP contribution in [0, 0.1) is 0 Å². The fraction of sp³-hybridized carbons (Fsp3) is 0.400. The van der Waals surface area contributed by atoms with Crippen LogP contribution in [0.4, 0.5) is 5.82 Å². The Bertz CT molecular complexity index is 756. The zero-order chi connectivity index (χ0) is 18.6. The Labute approximate surface area is 162 Å². The summed E-state index contributed by atoms with van der Waals surface area (Å²) in [7, 11) is 3.91. The molecule has 2 aromatic rings. The van der Waals surface area contributed by atoms with Crippen LogP contribution in [0.15, 0.2) is 47.1 Å². The lowest BCUT2D eigenvalue weighted by atomic mass is 9.73. The molecule has 0 radical (unpaired) electrons. The van der Waals surface area contributed by atoms with E-state index in [4.69, 9.17) is 4.74 Å². The Kier molecular flexibility index (Phi) is 5.94. The lowest BCUT2D eigenvalue weighted by Gasteiger charge is -2.36. The third-order valence-corrected chi connectivity index (χ3v) is 5.43. The van der Waals surface area contributed by atoms with Gasteiger partial charge in [0.15, 0.2) is 0 Å². The second-order valence-corrected chi connectivity index (χ2v) is 7.72. The van der Waals surface area contributed by atoms with E-state index < -0.39 is 5.41 Å². The summed E-state index contributed by atoms with van der Waals surface area (Å²) < 4.78 is 6.53. The number of hydrogen-bond donors (Lipinski definition) is 1. The van der Waals surface area contributed by atoms with Crippen LogP contribution in [0.5, 0.6) is 0 Å². The first-order valence-corrected chi connectivity index (χ1v) is 9.55. The highest BCUT2D eigenvalue weighted by Crippen LogP contribution is 2.36. The van der Waals surface area contributed by atoms with Crippen molar-refractivity contribution in [3.63, 3.8) is 0 Å². The van der Waals surface area contributed by atoms with Gasteiger partial charge in [0, 0.05) is 44.5 Å². The van der Waals surface area contributed by atoms with Crippen molar-refractivity contribution in [1.29, 1.82) is 0 Å². The van der Waals surface area contributed by atoms with E-state index in [1.165, 1.54) is 0 Å². The van der Waals surface area contributed by atoms with Crippen LogP contribution in [-0.4, -0.2) is 38.2 Å². The Morgan fingerprint density at radius 1 is 1.23 bits per heavy atom. The fourth-order valence-corrected chi connectivity index (χ4v) is 3.57. The minimum Gasteiger partial charge on any atom is -0.381 e. The van der Waals surface area contributed by atoms with Gasteiger partial charge in [0.2, 0.25) is 5.91 Å². The predicted molar refractivity (Wildman–Crippen MR) is 106 cm³/mol. The molecular formula is C20H24BrN3O2. The van der Waals surface area contributed by atoms with Gasteiger partial charge in [-0.15, -0.1) is 0 Å². The highest BCUT2D eigenvalue weighted by molar-refractivity contribution is 9.10. The number of anilines is 1. The number of pyridine rings is 1. The van der Waals surface area contributed by atoms with Crippen LogP contribution in [-0.2, 0) is 21.5 Å². The summed E-state index contributed by atoms with van der Waals surface area (Å²) in [5, 5.41) is 3.14. The summed E-state index contributed by atoms with van der Waals surface area (Å²) in [6.07, 6.45) is 3.16. The van der Waals surface area contributed by atoms with E-state index in [1.54, 1.807) is 6.20 Å². The number of carbonyl (C=O) groups is 1. The molecule has 138 valence electrons. The Balaban J connectivity index is 1.78. The summed E-state index contributed by atoms with van der Waals surface area (Å²) >= 11 is 3.47. The molecule has 0 spiro atoms. The van der Waals surface area contributed by atoms with Gasteiger partial charge in [-0.3, -0.25) is 4.79 Å². The fourth-order valence-electron chi connectivity index (χ4n) is 3.30. The quantitative estimate of drug-likeness (QED) is 0.810. The van der Waals surface area contributed by atoms with Crippen LogP contribution in [0.25, 0.3) is 0 Å². The highest BCUT2D eigenvalue weighted by atomic mass is 79.9. The summed E-state index contributed by atoms with van der Waals surface area (Å²) in [4.78, 5) is 19.5. The molecule has 2 heterocycles. The van der Waals surface area contributed by atoms with Crippen LogP contribution < -0.4 is 10.2 Å². The van der Waals surface area contributed by atoms with Crippen molar-refractivity contribution in [2.75, 3.05) is 32.2 Å². The first-order chi connectivity index (χ1) is 12.5. The predicted octanol–water partition coefficient (Wildman–Crippen LogP) is 3.27. The summed E-state index contributed by atoms with van der Waals surface area (Å²) in [5.41, 5.74) is 1.55. The molecule has 0 unspecified atom stereocenters. The van der Waals surface area contributed by atoms with Crippen molar-refractivity contribution >= 4 is 27.7 Å². The molecule has 0 aliphatic carbocycles. The Morgan fingerprint density at radius 3 is 2.58 bits per heavy atom. The van der Waals surface area contributed by atoms with Gasteiger partial charge in [-0.1, -0.05) is 28.1 Å². The lowest BCUT2D eigenvalue weighted by molar-refractivity contribution is -0.130. The van der Waals surface area contributed by atoms with Crippen molar-refractivity contribution < 1.29 is 9.53 Å². The number of benzene rings is 1. The van der Waals surface area contributed by atoms with Crippen molar-refractivity contribution in [2.24, 2.45) is 0 Å². The molecule has 3 rings (SSSR count). The topological polar surface area (TPSA) is 54.5 Å². The van der Waals surface area contributed by atoms with Crippen molar-refractivity contribution in [1.82, 2.24) is 10.3 Å². The van der Waals surface area contributed by atoms with Gasteiger partial charge in [-0.25, -0.2) is 4.98 Å². The number of nitrogens with zero attached hydrogens (tertiary/aromatic N) is 2. The molecule has 5 nitrogen and oxygen atoms in total. The molecule has 1 aliphatic rings. The molecule has 1 fully saturated rings. The molecule has 1 aromatic carbocycles. The van der Waals surface area contributed by atoms with Gasteiger partial charge >= 0.3 is 0 Å². The number of rotatable bonds is 5. The second-order valence-electron chi connectivity index (χ2n) is 6.80. The number of aromatic nitrogens is 1. The summed E-state index contributed by atoms with van der Waals surface area (Å²) in [5.74, 6) is 0.941. The smallest absolute Gasteiger partial charge is 0.231 e. The molecular weight excluding hydrogens is 394 g/mol. The van der Waals surface area contributed by atoms with Gasteiger partial charge in [0.05, 0.1) is 5.41 Å². The largest absolute Gasteiger partial charge is 0.381 e. The van der Waals surface area contributed by atoms with Gasteiger partial charge in [-0.2, -0.15) is 0 Å². The second kappa shape index (κ2) is 8.18. The number of halogens is 1. The minimum atomic E-state index is -0.531. The summed E-state index contributed by atoms with van der Waals surface area (Å²) in [6.45, 7) is 1.69. The third-order valence-electron chi connectivity index (χ3n) is 4.90. The van der Waals surface area contributed by atoms with Crippen LogP contribution in [0.2, 0.25) is 0 Å². The molecule has 1 saturated heterocycles. The van der Waals surface area contributed by atoms with E-state index in [1.807, 2.05) is 55.4 Å². The van der Waals surface area contributed by atoms with Crippen LogP contribution >= 0.6 is 15.9 Å². The van der Waals surface area contributed by atoms with Gasteiger partial charge in [0.25, 0.3) is 0 Å². The standard InChI is InChI=1S/C20H24BrN3O2/c1-24(2)18-13-15(7-10-22-18)14-23-19(25)20(8-11-26-12-9-20)16-3-5-17(21)6-4-16/h3-7,10,13H,8-9,11-12,14H2,1-2H3,(H,23,25). The van der Waals surface area contributed by atoms with E-state index in [0.717, 1.165) is 21.4 Å². The van der Waals surface area contributed by atoms with E-state index in [2.05, 4.69) is 26.2 Å². The highest BCUT2D eigenvalue weighted by Gasteiger charge is 2.41. The molecule has 1 amide bonds. The maximum atomic E-state index is 13.2. The Hall–Kier alpha value is -1.92. The van der Waals surface area contributed by atoms with E-state index in [9.17, 15) is 4.79 Å². The lowest BCUT2D eigenvalue weighted by Crippen LogP contribution is -2.47. The Morgan fingerprint density at radius 2 is 1.92 bits per heavy atom. The maximum absolute atomic E-state index is 13.2. The van der Waals surface area contributed by atoms with Gasteiger partial charge < -0.3 is 15.0 Å². The van der Waals surface area contributed by atoms with E-state index in [0.29, 0.717) is 32.6 Å². The molecule has 26 heavy (non-hydrogen) atoms. The van der Waals surface area contributed by atoms with E-state index >= 15 is 0 Å². The first-order valence-electron chi connectivity index (χ1n) is 8.76. The van der Waals surface area contributed by atoms with E-state index in [-0.39, 0.29) is 5.91 Å². The van der Waals surface area contributed by atoms with Crippen molar-refractivity contribution in [2.45, 2.75) is 24.8 Å². The molecule has 6 heteroatoms. The van der Waals surface area contributed by atoms with Crippen molar-refractivity contribution in [3.05, 3.63) is 58.2 Å². The normalized spacial score (nSPS) is 16.1. The van der Waals surface area contributed by atoms with Crippen LogP contribution in [0.3, 0.4) is 0 Å². The first kappa shape index (κ1) is 18.9. The van der Waals surface area contributed by atoms with Crippen LogP contribution in [0.1, 0.15) is 24.0 Å². The molecule has 1 aliphatic heterocycles. The SMILES string of the molecule is CN(C)c1cc(CNC(=O)C2(c3ccc(Br)cc3)CCOCC2)ccn1. The molecule has 0 atom stereocenters. The summed E-state index contributed by atoms with van der Waals surface area (Å²) in [6, 6.07) is 12.0. The number of amides is 1. The average Bonchev–Trinajstić information content (AvgIpc) is 2.67. The van der Waals surface area contributed by atoms with Gasteiger partial charge in [0.1, 0.15) is 5.82 Å². The molecule has 0 bridgehead atoms. The number of ether oxygens (including phenoxy) is 1.